The summed E-state index contributed by atoms with van der Waals surface area (Å²) in [6, 6.07) is 7.28. The normalized spacial score (nSPS) is 22.7. The van der Waals surface area contributed by atoms with Crippen LogP contribution in [-0.2, 0) is 12.0 Å². The van der Waals surface area contributed by atoms with Crippen molar-refractivity contribution in [3.63, 3.8) is 0 Å². The number of halogens is 2. The lowest BCUT2D eigenvalue weighted by molar-refractivity contribution is 0.0924. The monoisotopic (exact) mass is 392 g/mol. The van der Waals surface area contributed by atoms with Gasteiger partial charge in [0.05, 0.1) is 11.2 Å². The molecule has 2 saturated carbocycles. The van der Waals surface area contributed by atoms with Gasteiger partial charge in [-0.15, -0.1) is 0 Å². The van der Waals surface area contributed by atoms with Crippen LogP contribution in [0, 0.1) is 17.6 Å². The molecule has 3 aliphatic carbocycles. The van der Waals surface area contributed by atoms with E-state index in [9.17, 15) is 13.6 Å². The molecule has 0 radical (unpaired) electrons. The van der Waals surface area contributed by atoms with Crippen LogP contribution in [0.2, 0.25) is 0 Å². The molecule has 146 valence electrons. The van der Waals surface area contributed by atoms with Gasteiger partial charge in [0.2, 0.25) is 0 Å². The number of aromatic nitrogens is 3. The Balaban J connectivity index is 1.39. The predicted octanol–water partition coefficient (Wildman–Crippen LogP) is 3.62. The predicted molar refractivity (Wildman–Crippen MR) is 101 cm³/mol. The summed E-state index contributed by atoms with van der Waals surface area (Å²) < 4.78 is 29.3. The van der Waals surface area contributed by atoms with E-state index in [1.165, 1.54) is 16.8 Å². The van der Waals surface area contributed by atoms with Gasteiger partial charge >= 0.3 is 0 Å². The highest BCUT2D eigenvalue weighted by Crippen LogP contribution is 2.57. The summed E-state index contributed by atoms with van der Waals surface area (Å²) in [6.45, 7) is 0. The van der Waals surface area contributed by atoms with E-state index >= 15 is 0 Å². The number of pyridine rings is 1. The summed E-state index contributed by atoms with van der Waals surface area (Å²) in [5, 5.41) is 7.66. The third-order valence-electron chi connectivity index (χ3n) is 6.45. The summed E-state index contributed by atoms with van der Waals surface area (Å²) in [5.41, 5.74) is 3.00. The molecule has 2 heterocycles. The average molecular weight is 392 g/mol. The highest BCUT2D eigenvalue weighted by molar-refractivity contribution is 5.95. The molecule has 7 heteroatoms. The zero-order chi connectivity index (χ0) is 19.8. The van der Waals surface area contributed by atoms with Gasteiger partial charge in [0, 0.05) is 29.9 Å². The standard InChI is InChI=1S/C22H18F2N4O/c23-14-1-2-18(17(24)11-14)28-20-15-9-12(15)10-16(20)19(27-28)21(29)26-22(5-6-22)13-3-7-25-8-4-13/h1-4,7-8,11-12,15H,5-6,9-10H2,(H,26,29)/t12-,15-/m1/s1. The fourth-order valence-electron chi connectivity index (χ4n) is 4.69. The fraction of sp³-hybridized carbons (Fsp3) is 0.318. The first-order valence-electron chi connectivity index (χ1n) is 9.86. The SMILES string of the molecule is O=C(NC1(c2ccncc2)CC1)c1nn(-c2ccc(F)cc2F)c2c1C[C@H]1C[C@@H]21. The maximum atomic E-state index is 14.5. The number of carbonyl (C=O) groups is 1. The molecular formula is C22H18F2N4O. The van der Waals surface area contributed by atoms with Crippen LogP contribution in [0.15, 0.2) is 42.7 Å². The number of rotatable bonds is 4. The molecule has 1 aromatic carbocycles. The van der Waals surface area contributed by atoms with Crippen molar-refractivity contribution in [2.24, 2.45) is 5.92 Å². The van der Waals surface area contributed by atoms with Crippen LogP contribution >= 0.6 is 0 Å². The molecule has 2 aromatic heterocycles. The van der Waals surface area contributed by atoms with E-state index in [-0.39, 0.29) is 17.1 Å². The van der Waals surface area contributed by atoms with E-state index in [1.54, 1.807) is 12.4 Å². The number of hydrogen-bond donors (Lipinski definition) is 1. The highest BCUT2D eigenvalue weighted by atomic mass is 19.1. The number of hydrogen-bond acceptors (Lipinski definition) is 3. The molecule has 2 fully saturated rings. The first-order valence-corrected chi connectivity index (χ1v) is 9.86. The minimum Gasteiger partial charge on any atom is -0.341 e. The van der Waals surface area contributed by atoms with Gasteiger partial charge < -0.3 is 5.32 Å². The first-order chi connectivity index (χ1) is 14.1. The molecule has 29 heavy (non-hydrogen) atoms. The molecule has 0 bridgehead atoms. The Morgan fingerprint density at radius 2 is 1.97 bits per heavy atom. The molecule has 5 nitrogen and oxygen atoms in total. The maximum absolute atomic E-state index is 14.5. The van der Waals surface area contributed by atoms with Crippen molar-refractivity contribution in [3.8, 4) is 5.69 Å². The van der Waals surface area contributed by atoms with Gasteiger partial charge in [0.15, 0.2) is 11.5 Å². The van der Waals surface area contributed by atoms with Gasteiger partial charge in [0.25, 0.3) is 5.91 Å². The van der Waals surface area contributed by atoms with Crippen molar-refractivity contribution in [2.75, 3.05) is 0 Å². The molecule has 0 spiro atoms. The van der Waals surface area contributed by atoms with Gasteiger partial charge in [-0.3, -0.25) is 9.78 Å². The van der Waals surface area contributed by atoms with E-state index in [2.05, 4.69) is 15.4 Å². The summed E-state index contributed by atoms with van der Waals surface area (Å²) in [4.78, 5) is 17.2. The van der Waals surface area contributed by atoms with E-state index in [1.807, 2.05) is 12.1 Å². The first kappa shape index (κ1) is 16.8. The summed E-state index contributed by atoms with van der Waals surface area (Å²) in [6.07, 6.45) is 6.99. The topological polar surface area (TPSA) is 59.8 Å². The average Bonchev–Trinajstić information content (AvgIpc) is 3.59. The lowest BCUT2D eigenvalue weighted by Gasteiger charge is -2.17. The van der Waals surface area contributed by atoms with Gasteiger partial charge in [-0.2, -0.15) is 5.10 Å². The van der Waals surface area contributed by atoms with Crippen LogP contribution in [0.4, 0.5) is 8.78 Å². The molecular weight excluding hydrogens is 374 g/mol. The third kappa shape index (κ3) is 2.53. The van der Waals surface area contributed by atoms with Gasteiger partial charge in [-0.1, -0.05) is 0 Å². The summed E-state index contributed by atoms with van der Waals surface area (Å²) in [5.74, 6) is -0.747. The number of fused-ring (bicyclic) bond motifs is 3. The second-order valence-corrected chi connectivity index (χ2v) is 8.30. The lowest BCUT2D eigenvalue weighted by atomic mass is 10.1. The quantitative estimate of drug-likeness (QED) is 0.738. The fourth-order valence-corrected chi connectivity index (χ4v) is 4.69. The largest absolute Gasteiger partial charge is 0.341 e. The number of amides is 1. The number of carbonyl (C=O) groups excluding carboxylic acids is 1. The van der Waals surface area contributed by atoms with Gasteiger partial charge in [-0.25, -0.2) is 13.5 Å². The molecule has 0 saturated heterocycles. The Morgan fingerprint density at radius 3 is 2.69 bits per heavy atom. The van der Waals surface area contributed by atoms with E-state index in [0.717, 1.165) is 48.6 Å². The van der Waals surface area contributed by atoms with Crippen LogP contribution < -0.4 is 5.32 Å². The molecule has 6 rings (SSSR count). The molecule has 3 aliphatic rings. The maximum Gasteiger partial charge on any atom is 0.272 e. The molecule has 2 atom stereocenters. The Labute approximate surface area is 165 Å². The van der Waals surface area contributed by atoms with Crippen LogP contribution in [0.3, 0.4) is 0 Å². The Hall–Kier alpha value is -3.09. The number of benzene rings is 1. The third-order valence-corrected chi connectivity index (χ3v) is 6.45. The van der Waals surface area contributed by atoms with E-state index < -0.39 is 11.6 Å². The molecule has 1 amide bonds. The van der Waals surface area contributed by atoms with Crippen molar-refractivity contribution in [1.29, 1.82) is 0 Å². The minimum absolute atomic E-state index is 0.185. The van der Waals surface area contributed by atoms with Gasteiger partial charge in [-0.05, 0) is 61.4 Å². The van der Waals surface area contributed by atoms with Crippen LogP contribution in [0.5, 0.6) is 0 Å². The molecule has 0 aliphatic heterocycles. The molecule has 1 N–H and O–H groups in total. The van der Waals surface area contributed by atoms with Crippen molar-refractivity contribution < 1.29 is 13.6 Å². The van der Waals surface area contributed by atoms with E-state index in [4.69, 9.17) is 0 Å². The smallest absolute Gasteiger partial charge is 0.272 e. The zero-order valence-electron chi connectivity index (χ0n) is 15.5. The highest BCUT2D eigenvalue weighted by Gasteiger charge is 2.51. The Morgan fingerprint density at radius 1 is 1.17 bits per heavy atom. The van der Waals surface area contributed by atoms with Crippen molar-refractivity contribution >= 4 is 5.91 Å². The minimum atomic E-state index is -0.679. The summed E-state index contributed by atoms with van der Waals surface area (Å²) in [7, 11) is 0. The number of nitrogens with one attached hydrogen (secondary N) is 1. The van der Waals surface area contributed by atoms with Gasteiger partial charge in [0.1, 0.15) is 11.5 Å². The van der Waals surface area contributed by atoms with E-state index in [0.29, 0.717) is 17.5 Å². The molecule has 0 unspecified atom stereocenters. The Bertz CT molecular complexity index is 1150. The second-order valence-electron chi connectivity index (χ2n) is 8.30. The zero-order valence-corrected chi connectivity index (χ0v) is 15.5. The van der Waals surface area contributed by atoms with Crippen LogP contribution in [-0.4, -0.2) is 20.7 Å². The van der Waals surface area contributed by atoms with Crippen molar-refractivity contribution in [2.45, 2.75) is 37.1 Å². The lowest BCUT2D eigenvalue weighted by Crippen LogP contribution is -2.35. The van der Waals surface area contributed by atoms with Crippen molar-refractivity contribution in [3.05, 3.63) is 76.9 Å². The number of nitrogens with zero attached hydrogens (tertiary/aromatic N) is 3. The van der Waals surface area contributed by atoms with Crippen LogP contribution in [0.25, 0.3) is 5.69 Å². The second kappa shape index (κ2) is 5.72. The van der Waals surface area contributed by atoms with Crippen LogP contribution in [0.1, 0.15) is 52.5 Å². The van der Waals surface area contributed by atoms with Crippen molar-refractivity contribution in [1.82, 2.24) is 20.1 Å². The molecule has 3 aromatic rings. The Kier molecular flexibility index (Phi) is 3.32. The summed E-state index contributed by atoms with van der Waals surface area (Å²) >= 11 is 0.